The lowest BCUT2D eigenvalue weighted by molar-refractivity contribution is 0.475. The van der Waals surface area contributed by atoms with Crippen LogP contribution >= 0.6 is 0 Å². The maximum Gasteiger partial charge on any atom is 0.115 e. The molecule has 22 heavy (non-hydrogen) atoms. The van der Waals surface area contributed by atoms with Gasteiger partial charge in [-0.2, -0.15) is 5.10 Å². The highest BCUT2D eigenvalue weighted by Crippen LogP contribution is 2.33. The van der Waals surface area contributed by atoms with Gasteiger partial charge in [0, 0.05) is 23.7 Å². The quantitative estimate of drug-likeness (QED) is 0.774. The minimum Gasteiger partial charge on any atom is -0.508 e. The molecule has 0 unspecified atom stereocenters. The molecule has 0 aliphatic heterocycles. The van der Waals surface area contributed by atoms with Gasteiger partial charge < -0.3 is 10.2 Å². The number of rotatable bonds is 3. The predicted octanol–water partition coefficient (Wildman–Crippen LogP) is 3.73. The molecule has 0 amide bonds. The molecule has 3 rings (SSSR count). The van der Waals surface area contributed by atoms with Crippen molar-refractivity contribution in [3.63, 3.8) is 0 Å². The molecule has 112 valence electrons. The summed E-state index contributed by atoms with van der Waals surface area (Å²) in [6.07, 6.45) is 0.847. The summed E-state index contributed by atoms with van der Waals surface area (Å²) in [7, 11) is 1.92. The molecule has 1 aromatic heterocycles. The SMILES string of the molecule is CCc1c(-c2ccc(O)cc2)nn(C)c1-c1ccc(O)cc1. The molecule has 0 bridgehead atoms. The van der Waals surface area contributed by atoms with Crippen LogP contribution in [-0.2, 0) is 13.5 Å². The van der Waals surface area contributed by atoms with Crippen LogP contribution in [0.1, 0.15) is 12.5 Å². The van der Waals surface area contributed by atoms with Gasteiger partial charge in [0.1, 0.15) is 11.5 Å². The van der Waals surface area contributed by atoms with Gasteiger partial charge in [0.25, 0.3) is 0 Å². The van der Waals surface area contributed by atoms with E-state index in [2.05, 4.69) is 12.0 Å². The van der Waals surface area contributed by atoms with Crippen LogP contribution in [0.2, 0.25) is 0 Å². The first-order valence-electron chi connectivity index (χ1n) is 7.25. The van der Waals surface area contributed by atoms with Crippen molar-refractivity contribution in [3.8, 4) is 34.0 Å². The van der Waals surface area contributed by atoms with Crippen molar-refractivity contribution in [1.29, 1.82) is 0 Å². The Hall–Kier alpha value is -2.75. The lowest BCUT2D eigenvalue weighted by atomic mass is 10.00. The van der Waals surface area contributed by atoms with Crippen LogP contribution in [-0.4, -0.2) is 20.0 Å². The second-order valence-corrected chi connectivity index (χ2v) is 5.25. The van der Waals surface area contributed by atoms with Gasteiger partial charge in [0.05, 0.1) is 11.4 Å². The van der Waals surface area contributed by atoms with Crippen molar-refractivity contribution in [3.05, 3.63) is 54.1 Å². The highest BCUT2D eigenvalue weighted by atomic mass is 16.3. The summed E-state index contributed by atoms with van der Waals surface area (Å²) < 4.78 is 1.87. The Bertz CT molecular complexity index is 787. The number of benzene rings is 2. The Morgan fingerprint density at radius 1 is 0.864 bits per heavy atom. The molecule has 0 fully saturated rings. The highest BCUT2D eigenvalue weighted by Gasteiger charge is 2.17. The average Bonchev–Trinajstić information content (AvgIpc) is 2.85. The molecule has 0 spiro atoms. The van der Waals surface area contributed by atoms with Crippen LogP contribution in [0.5, 0.6) is 11.5 Å². The van der Waals surface area contributed by atoms with Gasteiger partial charge >= 0.3 is 0 Å². The van der Waals surface area contributed by atoms with Crippen molar-refractivity contribution in [2.45, 2.75) is 13.3 Å². The van der Waals surface area contributed by atoms with E-state index >= 15 is 0 Å². The van der Waals surface area contributed by atoms with Gasteiger partial charge in [0.15, 0.2) is 0 Å². The first kappa shape index (κ1) is 14.2. The van der Waals surface area contributed by atoms with E-state index in [0.29, 0.717) is 0 Å². The van der Waals surface area contributed by atoms with Crippen LogP contribution in [0.3, 0.4) is 0 Å². The standard InChI is InChI=1S/C18H18N2O2/c1-3-16-17(12-4-8-14(21)9-5-12)19-20(2)18(16)13-6-10-15(22)11-7-13/h4-11,21-22H,3H2,1-2H3. The molecule has 3 aromatic rings. The van der Waals surface area contributed by atoms with E-state index in [4.69, 9.17) is 0 Å². The number of phenolic OH excluding ortho intramolecular Hbond substituents is 2. The summed E-state index contributed by atoms with van der Waals surface area (Å²) in [4.78, 5) is 0. The second-order valence-electron chi connectivity index (χ2n) is 5.25. The van der Waals surface area contributed by atoms with Crippen molar-refractivity contribution < 1.29 is 10.2 Å². The number of aromatic hydroxyl groups is 2. The number of hydrogen-bond donors (Lipinski definition) is 2. The molecule has 2 N–H and O–H groups in total. The van der Waals surface area contributed by atoms with Crippen LogP contribution in [0.15, 0.2) is 48.5 Å². The molecule has 0 saturated heterocycles. The van der Waals surface area contributed by atoms with Gasteiger partial charge in [-0.15, -0.1) is 0 Å². The van der Waals surface area contributed by atoms with Gasteiger partial charge in [-0.1, -0.05) is 6.92 Å². The zero-order valence-electron chi connectivity index (χ0n) is 12.6. The molecule has 0 aliphatic rings. The number of hydrogen-bond acceptors (Lipinski definition) is 3. The van der Waals surface area contributed by atoms with Crippen molar-refractivity contribution in [2.75, 3.05) is 0 Å². The Labute approximate surface area is 129 Å². The van der Waals surface area contributed by atoms with Gasteiger partial charge in [-0.25, -0.2) is 0 Å². The maximum absolute atomic E-state index is 9.46. The molecule has 2 aromatic carbocycles. The Morgan fingerprint density at radius 3 is 1.86 bits per heavy atom. The van der Waals surface area contributed by atoms with E-state index < -0.39 is 0 Å². The smallest absolute Gasteiger partial charge is 0.115 e. The Kier molecular flexibility index (Phi) is 3.59. The van der Waals surface area contributed by atoms with Crippen molar-refractivity contribution in [2.24, 2.45) is 7.05 Å². The van der Waals surface area contributed by atoms with E-state index in [1.165, 1.54) is 0 Å². The third-order valence-electron chi connectivity index (χ3n) is 3.78. The molecule has 4 heteroatoms. The van der Waals surface area contributed by atoms with Crippen molar-refractivity contribution in [1.82, 2.24) is 9.78 Å². The van der Waals surface area contributed by atoms with Gasteiger partial charge in [-0.3, -0.25) is 4.68 Å². The van der Waals surface area contributed by atoms with Crippen molar-refractivity contribution >= 4 is 0 Å². The van der Waals surface area contributed by atoms with Gasteiger partial charge in [0.2, 0.25) is 0 Å². The molecule has 1 heterocycles. The largest absolute Gasteiger partial charge is 0.508 e. The number of nitrogens with zero attached hydrogens (tertiary/aromatic N) is 2. The summed E-state index contributed by atoms with van der Waals surface area (Å²) in [6, 6.07) is 14.2. The fourth-order valence-electron chi connectivity index (χ4n) is 2.73. The monoisotopic (exact) mass is 294 g/mol. The number of aromatic nitrogens is 2. The predicted molar refractivity (Wildman–Crippen MR) is 86.8 cm³/mol. The fraction of sp³-hybridized carbons (Fsp3) is 0.167. The molecular weight excluding hydrogens is 276 g/mol. The maximum atomic E-state index is 9.46. The average molecular weight is 294 g/mol. The van der Waals surface area contributed by atoms with Crippen LogP contribution in [0.25, 0.3) is 22.5 Å². The Balaban J connectivity index is 2.16. The summed E-state index contributed by atoms with van der Waals surface area (Å²) in [5.74, 6) is 0.499. The van der Waals surface area contributed by atoms with E-state index in [1.54, 1.807) is 24.3 Å². The molecule has 0 aliphatic carbocycles. The summed E-state index contributed by atoms with van der Waals surface area (Å²) in [5.41, 5.74) is 5.13. The minimum atomic E-state index is 0.247. The zero-order chi connectivity index (χ0) is 15.7. The molecule has 0 radical (unpaired) electrons. The first-order chi connectivity index (χ1) is 10.6. The second kappa shape index (κ2) is 5.56. The highest BCUT2D eigenvalue weighted by molar-refractivity contribution is 5.75. The lowest BCUT2D eigenvalue weighted by Gasteiger charge is -2.06. The first-order valence-corrected chi connectivity index (χ1v) is 7.25. The molecule has 0 atom stereocenters. The van der Waals surface area contributed by atoms with Gasteiger partial charge in [-0.05, 0) is 55.0 Å². The number of aryl methyl sites for hydroxylation is 1. The summed E-state index contributed by atoms with van der Waals surface area (Å²) in [5, 5.41) is 23.6. The summed E-state index contributed by atoms with van der Waals surface area (Å²) in [6.45, 7) is 2.10. The Morgan fingerprint density at radius 2 is 1.36 bits per heavy atom. The lowest BCUT2D eigenvalue weighted by Crippen LogP contribution is -1.95. The van der Waals surface area contributed by atoms with E-state index in [0.717, 1.165) is 34.5 Å². The third kappa shape index (κ3) is 2.44. The van der Waals surface area contributed by atoms with Crippen LogP contribution < -0.4 is 0 Å². The topological polar surface area (TPSA) is 58.3 Å². The molecular formula is C18H18N2O2. The van der Waals surface area contributed by atoms with Crippen LogP contribution in [0.4, 0.5) is 0 Å². The zero-order valence-corrected chi connectivity index (χ0v) is 12.6. The minimum absolute atomic E-state index is 0.247. The van der Waals surface area contributed by atoms with E-state index in [9.17, 15) is 10.2 Å². The van der Waals surface area contributed by atoms with E-state index in [1.807, 2.05) is 36.0 Å². The van der Waals surface area contributed by atoms with E-state index in [-0.39, 0.29) is 11.5 Å². The number of phenols is 2. The fourth-order valence-corrected chi connectivity index (χ4v) is 2.73. The molecule has 4 nitrogen and oxygen atoms in total. The third-order valence-corrected chi connectivity index (χ3v) is 3.78. The summed E-state index contributed by atoms with van der Waals surface area (Å²) >= 11 is 0. The normalized spacial score (nSPS) is 10.8. The van der Waals surface area contributed by atoms with Crippen LogP contribution in [0, 0.1) is 0 Å². The molecule has 0 saturated carbocycles.